The molecule has 0 saturated carbocycles. The van der Waals surface area contributed by atoms with E-state index in [0.717, 1.165) is 0 Å². The molecule has 22 heavy (non-hydrogen) atoms. The van der Waals surface area contributed by atoms with Crippen LogP contribution in [0.1, 0.15) is 6.42 Å². The molecule has 2 fully saturated rings. The van der Waals surface area contributed by atoms with Crippen LogP contribution in [-0.4, -0.2) is 55.5 Å². The molecule has 8 heteroatoms. The van der Waals surface area contributed by atoms with Crippen LogP contribution in [0, 0.1) is 0 Å². The van der Waals surface area contributed by atoms with E-state index < -0.39 is 9.84 Å². The normalized spacial score (nSPS) is 24.1. The van der Waals surface area contributed by atoms with Crippen LogP contribution >= 0.6 is 12.2 Å². The highest BCUT2D eigenvalue weighted by atomic mass is 32.2. The van der Waals surface area contributed by atoms with E-state index in [-0.39, 0.29) is 30.0 Å². The topological polar surface area (TPSA) is 66.9 Å². The molecule has 0 spiro atoms. The number of rotatable bonds is 3. The van der Waals surface area contributed by atoms with Gasteiger partial charge in [-0.25, -0.2) is 8.42 Å². The zero-order chi connectivity index (χ0) is 15.9. The third kappa shape index (κ3) is 2.68. The lowest BCUT2D eigenvalue weighted by atomic mass is 10.2. The molecule has 0 radical (unpaired) electrons. The summed E-state index contributed by atoms with van der Waals surface area (Å²) >= 11 is 5.40. The number of carbonyl (C=O) groups is 1. The Morgan fingerprint density at radius 1 is 1.27 bits per heavy atom. The third-order valence-corrected chi connectivity index (χ3v) is 6.14. The number of methoxy groups -OCH3 is 1. The zero-order valence-corrected chi connectivity index (χ0v) is 13.7. The van der Waals surface area contributed by atoms with Gasteiger partial charge >= 0.3 is 0 Å². The lowest BCUT2D eigenvalue weighted by Crippen LogP contribution is -2.39. The molecule has 0 bridgehead atoms. The standard InChI is InChI=1S/C14H16N2O4S2/c1-20-12-4-2-10(3-5-12)16-13(17)8-15(14(16)21)11-6-7-22(18,19)9-11/h2-5,11H,6-9H2,1H3/t11-/m0/s1. The van der Waals surface area contributed by atoms with Gasteiger partial charge in [-0.1, -0.05) is 0 Å². The van der Waals surface area contributed by atoms with Gasteiger partial charge in [0.05, 0.1) is 24.3 Å². The van der Waals surface area contributed by atoms with Gasteiger partial charge in [-0.3, -0.25) is 9.69 Å². The van der Waals surface area contributed by atoms with Crippen molar-refractivity contribution in [2.24, 2.45) is 0 Å². The average Bonchev–Trinajstić information content (AvgIpc) is 2.99. The Balaban J connectivity index is 1.82. The van der Waals surface area contributed by atoms with E-state index in [4.69, 9.17) is 17.0 Å². The lowest BCUT2D eigenvalue weighted by molar-refractivity contribution is -0.116. The number of anilines is 1. The Morgan fingerprint density at radius 3 is 2.50 bits per heavy atom. The fourth-order valence-corrected chi connectivity index (χ4v) is 4.96. The molecular formula is C14H16N2O4S2. The molecule has 1 atom stereocenters. The summed E-state index contributed by atoms with van der Waals surface area (Å²) in [6.07, 6.45) is 0.520. The maximum absolute atomic E-state index is 12.3. The number of amides is 1. The van der Waals surface area contributed by atoms with Crippen molar-refractivity contribution in [2.75, 3.05) is 30.1 Å². The highest BCUT2D eigenvalue weighted by Gasteiger charge is 2.41. The van der Waals surface area contributed by atoms with Crippen LogP contribution in [0.3, 0.4) is 0 Å². The first-order valence-corrected chi connectivity index (χ1v) is 9.12. The summed E-state index contributed by atoms with van der Waals surface area (Å²) in [4.78, 5) is 15.5. The molecule has 2 saturated heterocycles. The molecular weight excluding hydrogens is 324 g/mol. The minimum atomic E-state index is -3.01. The maximum Gasteiger partial charge on any atom is 0.252 e. The molecule has 1 aromatic rings. The monoisotopic (exact) mass is 340 g/mol. The summed E-state index contributed by atoms with van der Waals surface area (Å²) < 4.78 is 28.3. The predicted molar refractivity (Wildman–Crippen MR) is 86.8 cm³/mol. The predicted octanol–water partition coefficient (Wildman–Crippen LogP) is 0.816. The molecule has 118 valence electrons. The van der Waals surface area contributed by atoms with Crippen molar-refractivity contribution in [1.82, 2.24) is 4.90 Å². The number of benzene rings is 1. The summed E-state index contributed by atoms with van der Waals surface area (Å²) in [5.74, 6) is 0.782. The molecule has 2 aliphatic rings. The van der Waals surface area contributed by atoms with E-state index in [2.05, 4.69) is 0 Å². The Bertz CT molecular complexity index is 715. The zero-order valence-electron chi connectivity index (χ0n) is 12.1. The molecule has 0 unspecified atom stereocenters. The molecule has 0 aliphatic carbocycles. The molecule has 3 rings (SSSR count). The highest BCUT2D eigenvalue weighted by molar-refractivity contribution is 7.91. The van der Waals surface area contributed by atoms with Gasteiger partial charge in [0, 0.05) is 6.04 Å². The summed E-state index contributed by atoms with van der Waals surface area (Å²) in [6, 6.07) is 6.84. The van der Waals surface area contributed by atoms with Crippen LogP contribution in [0.25, 0.3) is 0 Å². The molecule has 0 N–H and O–H groups in total. The second-order valence-corrected chi connectivity index (χ2v) is 7.99. The SMILES string of the molecule is COc1ccc(N2C(=O)CN([C@H]3CCS(=O)(=O)C3)C2=S)cc1. The number of hydrogen-bond acceptors (Lipinski definition) is 5. The van der Waals surface area contributed by atoms with Crippen molar-refractivity contribution in [1.29, 1.82) is 0 Å². The first-order valence-electron chi connectivity index (χ1n) is 6.89. The smallest absolute Gasteiger partial charge is 0.252 e. The fraction of sp³-hybridized carbons (Fsp3) is 0.429. The van der Waals surface area contributed by atoms with E-state index in [0.29, 0.717) is 23.0 Å². The van der Waals surface area contributed by atoms with E-state index in [1.807, 2.05) is 0 Å². The Morgan fingerprint density at radius 2 is 1.95 bits per heavy atom. The second kappa shape index (κ2) is 5.51. The van der Waals surface area contributed by atoms with Crippen LogP contribution in [0.5, 0.6) is 5.75 Å². The average molecular weight is 340 g/mol. The highest BCUT2D eigenvalue weighted by Crippen LogP contribution is 2.28. The van der Waals surface area contributed by atoms with Crippen molar-refractivity contribution in [3.63, 3.8) is 0 Å². The number of sulfone groups is 1. The second-order valence-electron chi connectivity index (χ2n) is 5.39. The number of ether oxygens (including phenoxy) is 1. The van der Waals surface area contributed by atoms with Gasteiger partial charge in [-0.2, -0.15) is 0 Å². The van der Waals surface area contributed by atoms with Gasteiger partial charge in [-0.05, 0) is 42.9 Å². The van der Waals surface area contributed by atoms with Gasteiger partial charge in [0.2, 0.25) is 0 Å². The molecule has 1 aromatic carbocycles. The minimum Gasteiger partial charge on any atom is -0.497 e. The van der Waals surface area contributed by atoms with Gasteiger partial charge < -0.3 is 9.64 Å². The molecule has 1 amide bonds. The Labute approximate surface area is 134 Å². The molecule has 0 aromatic heterocycles. The maximum atomic E-state index is 12.3. The van der Waals surface area contributed by atoms with Gasteiger partial charge in [0.25, 0.3) is 5.91 Å². The van der Waals surface area contributed by atoms with Crippen molar-refractivity contribution >= 4 is 38.8 Å². The van der Waals surface area contributed by atoms with E-state index in [1.54, 1.807) is 36.3 Å². The number of thiocarbonyl (C=S) groups is 1. The molecule has 2 heterocycles. The van der Waals surface area contributed by atoms with Crippen LogP contribution in [0.4, 0.5) is 5.69 Å². The van der Waals surface area contributed by atoms with Gasteiger partial charge in [-0.15, -0.1) is 0 Å². The Hall–Kier alpha value is -1.67. The summed E-state index contributed by atoms with van der Waals surface area (Å²) in [7, 11) is -1.44. The summed E-state index contributed by atoms with van der Waals surface area (Å²) in [6.45, 7) is 0.130. The first-order chi connectivity index (χ1) is 10.4. The molecule has 6 nitrogen and oxygen atoms in total. The van der Waals surface area contributed by atoms with E-state index in [1.165, 1.54) is 4.90 Å². The summed E-state index contributed by atoms with van der Waals surface area (Å²) in [5.41, 5.74) is 0.666. The first kappa shape index (κ1) is 15.2. The Kier molecular flexibility index (Phi) is 3.82. The van der Waals surface area contributed by atoms with Gasteiger partial charge in [0.1, 0.15) is 12.3 Å². The number of nitrogens with zero attached hydrogens (tertiary/aromatic N) is 2. The minimum absolute atomic E-state index is 0.0663. The van der Waals surface area contributed by atoms with E-state index >= 15 is 0 Å². The lowest BCUT2D eigenvalue weighted by Gasteiger charge is -2.25. The fourth-order valence-electron chi connectivity index (χ4n) is 2.81. The van der Waals surface area contributed by atoms with Crippen molar-refractivity contribution < 1.29 is 17.9 Å². The number of hydrogen-bond donors (Lipinski definition) is 0. The quantitative estimate of drug-likeness (QED) is 0.759. The summed E-state index contributed by atoms with van der Waals surface area (Å²) in [5, 5.41) is 0.372. The van der Waals surface area contributed by atoms with Crippen molar-refractivity contribution in [2.45, 2.75) is 12.5 Å². The van der Waals surface area contributed by atoms with Crippen LogP contribution < -0.4 is 9.64 Å². The largest absolute Gasteiger partial charge is 0.497 e. The van der Waals surface area contributed by atoms with Crippen LogP contribution in [0.15, 0.2) is 24.3 Å². The van der Waals surface area contributed by atoms with Crippen LogP contribution in [0.2, 0.25) is 0 Å². The third-order valence-electron chi connectivity index (χ3n) is 3.97. The van der Waals surface area contributed by atoms with E-state index in [9.17, 15) is 13.2 Å². The van der Waals surface area contributed by atoms with Crippen LogP contribution in [-0.2, 0) is 14.6 Å². The molecule has 2 aliphatic heterocycles. The number of carbonyl (C=O) groups excluding carboxylic acids is 1. The van der Waals surface area contributed by atoms with Crippen molar-refractivity contribution in [3.05, 3.63) is 24.3 Å². The van der Waals surface area contributed by atoms with Gasteiger partial charge in [0.15, 0.2) is 14.9 Å². The van der Waals surface area contributed by atoms with Crippen molar-refractivity contribution in [3.8, 4) is 5.75 Å².